The zero-order valence-electron chi connectivity index (χ0n) is 14.9. The third-order valence-electron chi connectivity index (χ3n) is 4.20. The highest BCUT2D eigenvalue weighted by atomic mass is 19.1. The molecule has 0 aliphatic rings. The Morgan fingerprint density at radius 2 is 1.96 bits per heavy atom. The number of amides is 1. The molecule has 0 atom stereocenters. The Labute approximate surface area is 160 Å². The fraction of sp³-hybridized carbons (Fsp3) is 0.150. The van der Waals surface area contributed by atoms with Crippen LogP contribution in [0.3, 0.4) is 0 Å². The molecule has 142 valence electrons. The van der Waals surface area contributed by atoms with Gasteiger partial charge in [0, 0.05) is 6.54 Å². The minimum absolute atomic E-state index is 0.0856. The Balaban J connectivity index is 1.65. The Hall–Kier alpha value is -3.86. The second kappa shape index (κ2) is 8.22. The molecule has 1 heterocycles. The molecule has 1 aromatic heterocycles. The van der Waals surface area contributed by atoms with Crippen LogP contribution in [0.25, 0.3) is 5.69 Å². The third-order valence-corrected chi connectivity index (χ3v) is 4.20. The van der Waals surface area contributed by atoms with Gasteiger partial charge in [0.15, 0.2) is 0 Å². The van der Waals surface area contributed by atoms with Crippen molar-refractivity contribution in [2.45, 2.75) is 12.8 Å². The maximum absolute atomic E-state index is 13.1. The van der Waals surface area contributed by atoms with Gasteiger partial charge < -0.3 is 16.2 Å². The zero-order valence-corrected chi connectivity index (χ0v) is 14.9. The number of aryl methyl sites for hydroxylation is 1. The summed E-state index contributed by atoms with van der Waals surface area (Å²) in [5.41, 5.74) is 7.53. The van der Waals surface area contributed by atoms with E-state index in [0.717, 1.165) is 0 Å². The van der Waals surface area contributed by atoms with Crippen LogP contribution in [-0.4, -0.2) is 27.3 Å². The van der Waals surface area contributed by atoms with E-state index in [-0.39, 0.29) is 34.4 Å². The first-order chi connectivity index (χ1) is 13.5. The number of nitriles is 1. The van der Waals surface area contributed by atoms with Crippen molar-refractivity contribution < 1.29 is 14.3 Å². The molecule has 0 saturated carbocycles. The normalized spacial score (nSPS) is 10.4. The number of carbonyl (C=O) groups excluding carboxylic acids is 1. The molecule has 3 aromatic rings. The van der Waals surface area contributed by atoms with E-state index in [9.17, 15) is 19.6 Å². The molecule has 2 aromatic carbocycles. The predicted octanol–water partition coefficient (Wildman–Crippen LogP) is 2.53. The molecular weight excluding hydrogens is 361 g/mol. The molecule has 4 N–H and O–H groups in total. The average Bonchev–Trinajstić information content (AvgIpc) is 3.01. The summed E-state index contributed by atoms with van der Waals surface area (Å²) in [6, 6.07) is 13.9. The van der Waals surface area contributed by atoms with Gasteiger partial charge in [0.1, 0.15) is 29.0 Å². The van der Waals surface area contributed by atoms with Crippen molar-refractivity contribution in [3.8, 4) is 17.5 Å². The number of benzene rings is 2. The summed E-state index contributed by atoms with van der Waals surface area (Å²) in [7, 11) is 0. The van der Waals surface area contributed by atoms with Crippen LogP contribution in [-0.2, 0) is 6.42 Å². The highest BCUT2D eigenvalue weighted by Gasteiger charge is 2.16. The number of nitrogens with one attached hydrogen (secondary N) is 1. The standard InChI is InChI=1S/C20H18FN5O2/c21-13-7-9-14(10-8-13)26-19(23)16(12-22)17(25-26)5-3-11-24-20(28)15-4-1-2-6-18(15)27/h1-2,4,6-10,27H,3,5,11,23H2,(H,24,28). The molecule has 0 aliphatic heterocycles. The summed E-state index contributed by atoms with van der Waals surface area (Å²) >= 11 is 0. The number of nitrogens with zero attached hydrogens (tertiary/aromatic N) is 3. The molecule has 0 bridgehead atoms. The summed E-state index contributed by atoms with van der Waals surface area (Å²) in [5.74, 6) is -0.662. The maximum Gasteiger partial charge on any atom is 0.255 e. The number of aromatic hydroxyl groups is 1. The number of para-hydroxylation sites is 1. The molecule has 28 heavy (non-hydrogen) atoms. The van der Waals surface area contributed by atoms with Gasteiger partial charge in [-0.05, 0) is 49.2 Å². The molecule has 3 rings (SSSR count). The smallest absolute Gasteiger partial charge is 0.255 e. The van der Waals surface area contributed by atoms with Crippen molar-refractivity contribution in [2.24, 2.45) is 0 Å². The number of anilines is 1. The Bertz CT molecular complexity index is 1040. The summed E-state index contributed by atoms with van der Waals surface area (Å²) in [6.45, 7) is 0.335. The van der Waals surface area contributed by atoms with E-state index >= 15 is 0 Å². The van der Waals surface area contributed by atoms with E-state index in [1.807, 2.05) is 6.07 Å². The van der Waals surface area contributed by atoms with Crippen LogP contribution in [0.5, 0.6) is 5.75 Å². The van der Waals surface area contributed by atoms with Gasteiger partial charge in [0.2, 0.25) is 0 Å². The molecule has 8 heteroatoms. The van der Waals surface area contributed by atoms with Crippen molar-refractivity contribution in [1.82, 2.24) is 15.1 Å². The molecule has 0 unspecified atom stereocenters. The van der Waals surface area contributed by atoms with Crippen LogP contribution in [0.4, 0.5) is 10.2 Å². The van der Waals surface area contributed by atoms with E-state index in [1.165, 1.54) is 41.1 Å². The summed E-state index contributed by atoms with van der Waals surface area (Å²) < 4.78 is 14.5. The van der Waals surface area contributed by atoms with Crippen molar-refractivity contribution >= 4 is 11.7 Å². The molecule has 0 aliphatic carbocycles. The topological polar surface area (TPSA) is 117 Å². The van der Waals surface area contributed by atoms with Crippen molar-refractivity contribution in [2.75, 3.05) is 12.3 Å². The predicted molar refractivity (Wildman–Crippen MR) is 101 cm³/mol. The number of phenols is 1. The number of hydrogen-bond acceptors (Lipinski definition) is 5. The van der Waals surface area contributed by atoms with Gasteiger partial charge in [-0.1, -0.05) is 12.1 Å². The number of rotatable bonds is 6. The lowest BCUT2D eigenvalue weighted by Crippen LogP contribution is -2.24. The Kier molecular flexibility index (Phi) is 5.56. The Morgan fingerprint density at radius 3 is 2.64 bits per heavy atom. The second-order valence-electron chi connectivity index (χ2n) is 6.08. The van der Waals surface area contributed by atoms with Crippen LogP contribution in [0, 0.1) is 17.1 Å². The molecule has 0 spiro atoms. The lowest BCUT2D eigenvalue weighted by molar-refractivity contribution is 0.0950. The van der Waals surface area contributed by atoms with Crippen molar-refractivity contribution in [3.05, 3.63) is 71.2 Å². The van der Waals surface area contributed by atoms with E-state index < -0.39 is 0 Å². The highest BCUT2D eigenvalue weighted by Crippen LogP contribution is 2.22. The second-order valence-corrected chi connectivity index (χ2v) is 6.08. The van der Waals surface area contributed by atoms with Crippen LogP contribution in [0.15, 0.2) is 48.5 Å². The summed E-state index contributed by atoms with van der Waals surface area (Å²) in [5, 5.41) is 26.2. The van der Waals surface area contributed by atoms with E-state index in [2.05, 4.69) is 10.4 Å². The van der Waals surface area contributed by atoms with Gasteiger partial charge in [-0.2, -0.15) is 10.4 Å². The van der Waals surface area contributed by atoms with Gasteiger partial charge in [-0.15, -0.1) is 0 Å². The van der Waals surface area contributed by atoms with Crippen LogP contribution in [0.1, 0.15) is 28.0 Å². The van der Waals surface area contributed by atoms with Gasteiger partial charge in [0.05, 0.1) is 16.9 Å². The van der Waals surface area contributed by atoms with Gasteiger partial charge in [-0.3, -0.25) is 4.79 Å². The molecule has 1 amide bonds. The lowest BCUT2D eigenvalue weighted by atomic mass is 10.1. The quantitative estimate of drug-likeness (QED) is 0.569. The lowest BCUT2D eigenvalue weighted by Gasteiger charge is -2.06. The SMILES string of the molecule is N#Cc1c(CCCNC(=O)c2ccccc2O)nn(-c2ccc(F)cc2)c1N. The van der Waals surface area contributed by atoms with Crippen LogP contribution in [0.2, 0.25) is 0 Å². The third kappa shape index (κ3) is 3.94. The molecule has 0 saturated heterocycles. The fourth-order valence-corrected chi connectivity index (χ4v) is 2.77. The number of phenolic OH excluding ortho intramolecular Hbond substituents is 1. The zero-order chi connectivity index (χ0) is 20.1. The number of aromatic nitrogens is 2. The summed E-state index contributed by atoms with van der Waals surface area (Å²) in [6.07, 6.45) is 0.941. The average molecular weight is 379 g/mol. The highest BCUT2D eigenvalue weighted by molar-refractivity contribution is 5.96. The monoisotopic (exact) mass is 379 g/mol. The van der Waals surface area contributed by atoms with Gasteiger partial charge in [-0.25, -0.2) is 9.07 Å². The van der Waals surface area contributed by atoms with Crippen molar-refractivity contribution in [1.29, 1.82) is 5.26 Å². The molecule has 0 radical (unpaired) electrons. The first-order valence-electron chi connectivity index (χ1n) is 8.61. The van der Waals surface area contributed by atoms with Gasteiger partial charge >= 0.3 is 0 Å². The van der Waals surface area contributed by atoms with E-state index in [1.54, 1.807) is 12.1 Å². The van der Waals surface area contributed by atoms with E-state index in [0.29, 0.717) is 30.8 Å². The molecular formula is C20H18FN5O2. The maximum atomic E-state index is 13.1. The first kappa shape index (κ1) is 18.9. The largest absolute Gasteiger partial charge is 0.507 e. The number of nitrogen functional groups attached to an aromatic ring is 1. The number of nitrogens with two attached hydrogens (primary N) is 1. The minimum Gasteiger partial charge on any atom is -0.507 e. The van der Waals surface area contributed by atoms with Crippen LogP contribution >= 0.6 is 0 Å². The Morgan fingerprint density at radius 1 is 1.25 bits per heavy atom. The van der Waals surface area contributed by atoms with Crippen LogP contribution < -0.4 is 11.1 Å². The first-order valence-corrected chi connectivity index (χ1v) is 8.61. The fourth-order valence-electron chi connectivity index (χ4n) is 2.77. The number of carbonyl (C=O) groups is 1. The van der Waals surface area contributed by atoms with E-state index in [4.69, 9.17) is 5.73 Å². The molecule has 7 nitrogen and oxygen atoms in total. The van der Waals surface area contributed by atoms with Crippen molar-refractivity contribution in [3.63, 3.8) is 0 Å². The van der Waals surface area contributed by atoms with Gasteiger partial charge in [0.25, 0.3) is 5.91 Å². The number of halogens is 1. The number of hydrogen-bond donors (Lipinski definition) is 3. The minimum atomic E-state index is -0.380. The summed E-state index contributed by atoms with van der Waals surface area (Å²) in [4.78, 5) is 12.1. The molecule has 0 fully saturated rings.